The van der Waals surface area contributed by atoms with Gasteiger partial charge in [-0.3, -0.25) is 0 Å². The first kappa shape index (κ1) is 11.4. The minimum Gasteiger partial charge on any atom is -0.375 e. The van der Waals surface area contributed by atoms with E-state index in [0.29, 0.717) is 12.2 Å². The van der Waals surface area contributed by atoms with Gasteiger partial charge in [-0.1, -0.05) is 0 Å². The molecular formula is C12H23NO2. The molecule has 2 aliphatic heterocycles. The van der Waals surface area contributed by atoms with Gasteiger partial charge in [0.1, 0.15) is 0 Å². The zero-order valence-corrected chi connectivity index (χ0v) is 9.92. The van der Waals surface area contributed by atoms with Crippen LogP contribution in [0.4, 0.5) is 0 Å². The Bertz CT molecular complexity index is 200. The maximum atomic E-state index is 5.90. The summed E-state index contributed by atoms with van der Waals surface area (Å²) in [6.07, 6.45) is 5.39. The Labute approximate surface area is 92.5 Å². The van der Waals surface area contributed by atoms with Crippen molar-refractivity contribution in [3.63, 3.8) is 0 Å². The lowest BCUT2D eigenvalue weighted by atomic mass is 10.1. The van der Waals surface area contributed by atoms with Crippen molar-refractivity contribution in [1.82, 2.24) is 5.32 Å². The molecule has 15 heavy (non-hydrogen) atoms. The largest absolute Gasteiger partial charge is 0.375 e. The lowest BCUT2D eigenvalue weighted by Gasteiger charge is -2.25. The lowest BCUT2D eigenvalue weighted by molar-refractivity contribution is -0.0744. The van der Waals surface area contributed by atoms with Crippen LogP contribution in [0.5, 0.6) is 0 Å². The second kappa shape index (κ2) is 4.81. The van der Waals surface area contributed by atoms with E-state index in [1.807, 2.05) is 0 Å². The van der Waals surface area contributed by atoms with E-state index in [1.54, 1.807) is 0 Å². The second-order valence-electron chi connectivity index (χ2n) is 5.32. The Kier molecular flexibility index (Phi) is 3.65. The van der Waals surface area contributed by atoms with Crippen LogP contribution in [-0.4, -0.2) is 37.5 Å². The Morgan fingerprint density at radius 3 is 2.60 bits per heavy atom. The van der Waals surface area contributed by atoms with E-state index in [9.17, 15) is 0 Å². The molecule has 0 spiro atoms. The normalized spacial score (nSPS) is 32.0. The van der Waals surface area contributed by atoms with E-state index in [1.165, 1.54) is 0 Å². The standard InChI is InChI=1S/C12H23NO2/c1-12(2)6-3-11(15-12)9-14-10-4-7-13-8-5-10/h10-11,13H,3-9H2,1-2H3. The molecule has 2 rings (SSSR count). The van der Waals surface area contributed by atoms with Gasteiger partial charge in [-0.25, -0.2) is 0 Å². The fourth-order valence-electron chi connectivity index (χ4n) is 2.40. The molecule has 0 aromatic rings. The van der Waals surface area contributed by atoms with Crippen molar-refractivity contribution in [2.45, 2.75) is 57.3 Å². The summed E-state index contributed by atoms with van der Waals surface area (Å²) in [5.74, 6) is 0. The fraction of sp³-hybridized carbons (Fsp3) is 1.00. The zero-order valence-electron chi connectivity index (χ0n) is 9.92. The van der Waals surface area contributed by atoms with Crippen molar-refractivity contribution in [3.05, 3.63) is 0 Å². The molecule has 2 fully saturated rings. The molecule has 2 saturated heterocycles. The van der Waals surface area contributed by atoms with Crippen molar-refractivity contribution >= 4 is 0 Å². The van der Waals surface area contributed by atoms with Gasteiger partial charge in [-0.15, -0.1) is 0 Å². The molecule has 2 heterocycles. The minimum absolute atomic E-state index is 0.0716. The predicted molar refractivity (Wildman–Crippen MR) is 60.0 cm³/mol. The summed E-state index contributed by atoms with van der Waals surface area (Å²) in [4.78, 5) is 0. The molecule has 0 aromatic carbocycles. The first-order chi connectivity index (χ1) is 7.16. The van der Waals surface area contributed by atoms with Crippen LogP contribution in [0.1, 0.15) is 39.5 Å². The van der Waals surface area contributed by atoms with E-state index >= 15 is 0 Å². The van der Waals surface area contributed by atoms with Gasteiger partial charge in [0.25, 0.3) is 0 Å². The molecule has 0 amide bonds. The molecule has 0 saturated carbocycles. The Balaban J connectivity index is 1.65. The van der Waals surface area contributed by atoms with E-state index in [0.717, 1.165) is 45.4 Å². The Morgan fingerprint density at radius 1 is 1.27 bits per heavy atom. The smallest absolute Gasteiger partial charge is 0.0816 e. The Hall–Kier alpha value is -0.120. The fourth-order valence-corrected chi connectivity index (χ4v) is 2.40. The van der Waals surface area contributed by atoms with Crippen LogP contribution in [0.15, 0.2) is 0 Å². The molecule has 1 N–H and O–H groups in total. The van der Waals surface area contributed by atoms with Gasteiger partial charge in [-0.2, -0.15) is 0 Å². The molecular weight excluding hydrogens is 190 g/mol. The highest BCUT2D eigenvalue weighted by Crippen LogP contribution is 2.29. The van der Waals surface area contributed by atoms with Crippen LogP contribution in [0.3, 0.4) is 0 Å². The number of hydrogen-bond acceptors (Lipinski definition) is 3. The summed E-state index contributed by atoms with van der Waals surface area (Å²) in [6.45, 7) is 7.31. The topological polar surface area (TPSA) is 30.5 Å². The van der Waals surface area contributed by atoms with Gasteiger partial charge >= 0.3 is 0 Å². The van der Waals surface area contributed by atoms with Gasteiger partial charge < -0.3 is 14.8 Å². The van der Waals surface area contributed by atoms with Crippen LogP contribution in [0.25, 0.3) is 0 Å². The number of piperidine rings is 1. The molecule has 2 aliphatic rings. The highest BCUT2D eigenvalue weighted by molar-refractivity contribution is 4.81. The number of nitrogens with one attached hydrogen (secondary N) is 1. The molecule has 88 valence electrons. The van der Waals surface area contributed by atoms with Gasteiger partial charge in [0.15, 0.2) is 0 Å². The van der Waals surface area contributed by atoms with Crippen LogP contribution in [-0.2, 0) is 9.47 Å². The molecule has 3 nitrogen and oxygen atoms in total. The number of ether oxygens (including phenoxy) is 2. The van der Waals surface area contributed by atoms with Crippen LogP contribution < -0.4 is 5.32 Å². The summed E-state index contributed by atoms with van der Waals surface area (Å²) in [5.41, 5.74) is 0.0716. The molecule has 0 aromatic heterocycles. The highest BCUT2D eigenvalue weighted by Gasteiger charge is 2.32. The number of rotatable bonds is 3. The maximum Gasteiger partial charge on any atom is 0.0816 e. The van der Waals surface area contributed by atoms with Crippen molar-refractivity contribution < 1.29 is 9.47 Å². The third-order valence-electron chi connectivity index (χ3n) is 3.36. The first-order valence-corrected chi connectivity index (χ1v) is 6.16. The van der Waals surface area contributed by atoms with Crippen LogP contribution >= 0.6 is 0 Å². The van der Waals surface area contributed by atoms with Crippen molar-refractivity contribution in [1.29, 1.82) is 0 Å². The molecule has 0 aliphatic carbocycles. The van der Waals surface area contributed by atoms with Gasteiger partial charge in [-0.05, 0) is 52.6 Å². The monoisotopic (exact) mass is 213 g/mol. The van der Waals surface area contributed by atoms with Gasteiger partial charge in [0.05, 0.1) is 24.4 Å². The average molecular weight is 213 g/mol. The van der Waals surface area contributed by atoms with Crippen LogP contribution in [0.2, 0.25) is 0 Å². The summed E-state index contributed by atoms with van der Waals surface area (Å²) in [5, 5.41) is 3.34. The molecule has 1 unspecified atom stereocenters. The highest BCUT2D eigenvalue weighted by atomic mass is 16.6. The summed E-state index contributed by atoms with van der Waals surface area (Å²) in [6, 6.07) is 0. The molecule has 0 radical (unpaired) electrons. The average Bonchev–Trinajstić information content (AvgIpc) is 2.57. The maximum absolute atomic E-state index is 5.90. The summed E-state index contributed by atoms with van der Waals surface area (Å²) >= 11 is 0. The van der Waals surface area contributed by atoms with Crippen molar-refractivity contribution in [2.75, 3.05) is 19.7 Å². The molecule has 1 atom stereocenters. The summed E-state index contributed by atoms with van der Waals surface area (Å²) < 4.78 is 11.8. The SMILES string of the molecule is CC1(C)CCC(COC2CCNCC2)O1. The quantitative estimate of drug-likeness (QED) is 0.774. The van der Waals surface area contributed by atoms with E-state index in [4.69, 9.17) is 9.47 Å². The van der Waals surface area contributed by atoms with Gasteiger partial charge in [0.2, 0.25) is 0 Å². The third-order valence-corrected chi connectivity index (χ3v) is 3.36. The van der Waals surface area contributed by atoms with Crippen LogP contribution in [0, 0.1) is 0 Å². The number of hydrogen-bond donors (Lipinski definition) is 1. The summed E-state index contributed by atoms with van der Waals surface area (Å²) in [7, 11) is 0. The van der Waals surface area contributed by atoms with E-state index in [-0.39, 0.29) is 5.60 Å². The second-order valence-corrected chi connectivity index (χ2v) is 5.32. The Morgan fingerprint density at radius 2 is 2.00 bits per heavy atom. The van der Waals surface area contributed by atoms with Gasteiger partial charge in [0, 0.05) is 0 Å². The van der Waals surface area contributed by atoms with E-state index in [2.05, 4.69) is 19.2 Å². The predicted octanol–water partition coefficient (Wildman–Crippen LogP) is 1.71. The third kappa shape index (κ3) is 3.44. The lowest BCUT2D eigenvalue weighted by Crippen LogP contribution is -2.34. The molecule has 3 heteroatoms. The van der Waals surface area contributed by atoms with E-state index < -0.39 is 0 Å². The van der Waals surface area contributed by atoms with Crippen molar-refractivity contribution in [2.24, 2.45) is 0 Å². The zero-order chi connectivity index (χ0) is 10.7. The first-order valence-electron chi connectivity index (χ1n) is 6.16. The minimum atomic E-state index is 0.0716. The van der Waals surface area contributed by atoms with Crippen molar-refractivity contribution in [3.8, 4) is 0 Å². The molecule has 0 bridgehead atoms.